The minimum absolute atomic E-state index is 0.219. The van der Waals surface area contributed by atoms with E-state index < -0.39 is 0 Å². The van der Waals surface area contributed by atoms with E-state index in [4.69, 9.17) is 16.6 Å². The number of amidine groups is 1. The minimum Gasteiger partial charge on any atom is -0.382 e. The fourth-order valence-corrected chi connectivity index (χ4v) is 1.94. The molecule has 1 aromatic carbocycles. The largest absolute Gasteiger partial charge is 0.382 e. The number of allylic oxidation sites excluding steroid dienone is 1. The zero-order valence-corrected chi connectivity index (χ0v) is 12.3. The van der Waals surface area contributed by atoms with Crippen molar-refractivity contribution in [3.63, 3.8) is 0 Å². The summed E-state index contributed by atoms with van der Waals surface area (Å²) in [5.41, 5.74) is 8.13. The zero-order valence-electron chi connectivity index (χ0n) is 12.3. The number of rotatable bonds is 7. The summed E-state index contributed by atoms with van der Waals surface area (Å²) in [6.45, 7) is 0. The van der Waals surface area contributed by atoms with Crippen molar-refractivity contribution in [2.75, 3.05) is 5.32 Å². The van der Waals surface area contributed by atoms with Crippen LogP contribution < -0.4 is 11.1 Å². The number of nitrogens with two attached hydrogens (primary N) is 1. The molecule has 0 aliphatic carbocycles. The van der Waals surface area contributed by atoms with Crippen LogP contribution in [-0.4, -0.2) is 23.4 Å². The number of aliphatic imine (C=N–C) groups is 1. The average molecular weight is 312 g/mol. The summed E-state index contributed by atoms with van der Waals surface area (Å²) in [4.78, 5) is 6.75. The van der Waals surface area contributed by atoms with Crippen molar-refractivity contribution in [3.05, 3.63) is 65.4 Å². The Morgan fingerprint density at radius 3 is 2.74 bits per heavy atom. The van der Waals surface area contributed by atoms with E-state index in [1.807, 2.05) is 6.07 Å². The quantitative estimate of drug-likeness (QED) is 0.399. The molecule has 0 saturated heterocycles. The first-order chi connectivity index (χ1) is 11.1. The molecule has 6 N–H and O–H groups in total. The Labute approximate surface area is 133 Å². The van der Waals surface area contributed by atoms with E-state index in [0.29, 0.717) is 23.4 Å². The van der Waals surface area contributed by atoms with Gasteiger partial charge in [-0.2, -0.15) is 0 Å². The Bertz CT molecular complexity index is 759. The van der Waals surface area contributed by atoms with Crippen LogP contribution in [0.2, 0.25) is 0 Å². The standard InChI is InChI=1S/C16H17FN6/c17-13-3-1-2-4-14(13)21-9-11(8-18)7-12-5-6-15(23-12)16(20)22-10-19/h1-6,8-10,18,21,23H,7H2,(H3,19,20,22)/b11-9-,18-8?. The fraction of sp³-hybridized carbons (Fsp3) is 0.0625. The highest BCUT2D eigenvalue weighted by atomic mass is 19.1. The Morgan fingerprint density at radius 1 is 1.26 bits per heavy atom. The summed E-state index contributed by atoms with van der Waals surface area (Å²) in [7, 11) is 0. The van der Waals surface area contributed by atoms with Gasteiger partial charge in [-0.25, -0.2) is 9.38 Å². The molecule has 0 aliphatic heterocycles. The third-order valence-electron chi connectivity index (χ3n) is 3.09. The smallest absolute Gasteiger partial charge is 0.148 e. The summed E-state index contributed by atoms with van der Waals surface area (Å²) >= 11 is 0. The SMILES string of the molecule is N=C/N=C(/N)c1ccc(C/C(C=N)=C/Nc2ccccc2F)[nH]1. The summed E-state index contributed by atoms with van der Waals surface area (Å²) in [5.74, 6) is -0.137. The molecule has 0 amide bonds. The maximum atomic E-state index is 13.5. The van der Waals surface area contributed by atoms with E-state index in [-0.39, 0.29) is 11.7 Å². The second-order valence-electron chi connectivity index (χ2n) is 4.71. The summed E-state index contributed by atoms with van der Waals surface area (Å²) in [6.07, 6.45) is 4.10. The number of nitrogens with one attached hydrogen (secondary N) is 4. The van der Waals surface area contributed by atoms with Crippen LogP contribution in [0.5, 0.6) is 0 Å². The van der Waals surface area contributed by atoms with E-state index in [2.05, 4.69) is 15.3 Å². The highest BCUT2D eigenvalue weighted by molar-refractivity contribution is 5.99. The molecule has 0 unspecified atom stereocenters. The second-order valence-corrected chi connectivity index (χ2v) is 4.71. The van der Waals surface area contributed by atoms with Crippen LogP contribution in [0.4, 0.5) is 10.1 Å². The van der Waals surface area contributed by atoms with Crippen molar-refractivity contribution < 1.29 is 4.39 Å². The normalized spacial score (nSPS) is 12.0. The third kappa shape index (κ3) is 4.37. The van der Waals surface area contributed by atoms with Crippen molar-refractivity contribution in [1.29, 1.82) is 10.8 Å². The number of nitrogens with zero attached hydrogens (tertiary/aromatic N) is 1. The molecule has 0 radical (unpaired) electrons. The topological polar surface area (TPSA) is 114 Å². The third-order valence-corrected chi connectivity index (χ3v) is 3.09. The highest BCUT2D eigenvalue weighted by Crippen LogP contribution is 2.13. The van der Waals surface area contributed by atoms with Crippen molar-refractivity contribution in [1.82, 2.24) is 4.98 Å². The molecule has 0 bridgehead atoms. The van der Waals surface area contributed by atoms with Gasteiger partial charge >= 0.3 is 0 Å². The van der Waals surface area contributed by atoms with Gasteiger partial charge in [-0.15, -0.1) is 0 Å². The monoisotopic (exact) mass is 312 g/mol. The number of para-hydroxylation sites is 1. The van der Waals surface area contributed by atoms with Gasteiger partial charge in [-0.3, -0.25) is 5.41 Å². The number of anilines is 1. The molecule has 118 valence electrons. The van der Waals surface area contributed by atoms with Gasteiger partial charge in [0.2, 0.25) is 0 Å². The minimum atomic E-state index is -0.356. The van der Waals surface area contributed by atoms with E-state index >= 15 is 0 Å². The molecule has 2 rings (SSSR count). The van der Waals surface area contributed by atoms with Gasteiger partial charge in [-0.05, 0) is 29.8 Å². The molecule has 0 atom stereocenters. The molecule has 6 nitrogen and oxygen atoms in total. The molecule has 2 aromatic rings. The van der Waals surface area contributed by atoms with Crippen LogP contribution in [-0.2, 0) is 6.42 Å². The molecule has 1 heterocycles. The lowest BCUT2D eigenvalue weighted by molar-refractivity contribution is 0.632. The van der Waals surface area contributed by atoms with Gasteiger partial charge < -0.3 is 21.4 Å². The van der Waals surface area contributed by atoms with Crippen LogP contribution in [0.3, 0.4) is 0 Å². The lowest BCUT2D eigenvalue weighted by atomic mass is 10.2. The number of aromatic amines is 1. The van der Waals surface area contributed by atoms with Crippen LogP contribution in [0.25, 0.3) is 0 Å². The van der Waals surface area contributed by atoms with Gasteiger partial charge in [0, 0.05) is 24.5 Å². The van der Waals surface area contributed by atoms with E-state index in [1.54, 1.807) is 30.5 Å². The Balaban J connectivity index is 2.09. The first-order valence-electron chi connectivity index (χ1n) is 6.85. The number of hydrogen-bond acceptors (Lipinski definition) is 3. The lowest BCUT2D eigenvalue weighted by Gasteiger charge is -2.05. The molecule has 7 heteroatoms. The molecular formula is C16H17FN6. The summed E-state index contributed by atoms with van der Waals surface area (Å²) in [5, 5.41) is 17.2. The Kier molecular flexibility index (Phi) is 5.40. The van der Waals surface area contributed by atoms with Crippen molar-refractivity contribution in [2.45, 2.75) is 6.42 Å². The van der Waals surface area contributed by atoms with Crippen LogP contribution >= 0.6 is 0 Å². The predicted molar refractivity (Wildman–Crippen MR) is 90.9 cm³/mol. The van der Waals surface area contributed by atoms with Crippen LogP contribution in [0.15, 0.2) is 53.2 Å². The van der Waals surface area contributed by atoms with Gasteiger partial charge in [0.1, 0.15) is 18.0 Å². The number of hydrogen-bond donors (Lipinski definition) is 5. The first kappa shape index (κ1) is 16.2. The van der Waals surface area contributed by atoms with E-state index in [0.717, 1.165) is 12.0 Å². The van der Waals surface area contributed by atoms with Crippen LogP contribution in [0, 0.1) is 16.6 Å². The lowest BCUT2D eigenvalue weighted by Crippen LogP contribution is -2.13. The molecule has 0 spiro atoms. The van der Waals surface area contributed by atoms with E-state index in [1.165, 1.54) is 12.3 Å². The van der Waals surface area contributed by atoms with Gasteiger partial charge in [-0.1, -0.05) is 12.1 Å². The van der Waals surface area contributed by atoms with Crippen molar-refractivity contribution in [3.8, 4) is 0 Å². The Morgan fingerprint density at radius 2 is 2.04 bits per heavy atom. The summed E-state index contributed by atoms with van der Waals surface area (Å²) < 4.78 is 13.5. The fourth-order valence-electron chi connectivity index (χ4n) is 1.94. The highest BCUT2D eigenvalue weighted by Gasteiger charge is 2.05. The predicted octanol–water partition coefficient (Wildman–Crippen LogP) is 2.65. The first-order valence-corrected chi connectivity index (χ1v) is 6.85. The number of H-pyrrole nitrogens is 1. The second kappa shape index (κ2) is 7.69. The average Bonchev–Trinajstić information content (AvgIpc) is 3.01. The van der Waals surface area contributed by atoms with Crippen molar-refractivity contribution >= 4 is 24.1 Å². The molecule has 23 heavy (non-hydrogen) atoms. The molecular weight excluding hydrogens is 295 g/mol. The van der Waals surface area contributed by atoms with Gasteiger partial charge in [0.25, 0.3) is 0 Å². The van der Waals surface area contributed by atoms with Gasteiger partial charge in [0.15, 0.2) is 0 Å². The number of aromatic nitrogens is 1. The molecule has 1 aromatic heterocycles. The molecule has 0 saturated carbocycles. The Hall–Kier alpha value is -3.22. The maximum Gasteiger partial charge on any atom is 0.148 e. The number of benzene rings is 1. The summed E-state index contributed by atoms with van der Waals surface area (Å²) in [6, 6.07) is 9.90. The maximum absolute atomic E-state index is 13.5. The van der Waals surface area contributed by atoms with Crippen molar-refractivity contribution in [2.24, 2.45) is 10.7 Å². The van der Waals surface area contributed by atoms with E-state index in [9.17, 15) is 4.39 Å². The molecule has 0 fully saturated rings. The zero-order chi connectivity index (χ0) is 16.7. The molecule has 0 aliphatic rings. The van der Waals surface area contributed by atoms with Crippen LogP contribution in [0.1, 0.15) is 11.4 Å². The van der Waals surface area contributed by atoms with Gasteiger partial charge in [0.05, 0.1) is 11.4 Å². The number of halogens is 1.